The third kappa shape index (κ3) is 3.91. The molecule has 1 aromatic heterocycles. The first-order chi connectivity index (χ1) is 11.1. The van der Waals surface area contributed by atoms with E-state index < -0.39 is 12.0 Å². The number of thiophene rings is 1. The lowest BCUT2D eigenvalue weighted by Gasteiger charge is -2.43. The Morgan fingerprint density at radius 2 is 2.09 bits per heavy atom. The number of ether oxygens (including phenoxy) is 1. The summed E-state index contributed by atoms with van der Waals surface area (Å²) in [4.78, 5) is 28.0. The second-order valence-electron chi connectivity index (χ2n) is 6.08. The molecule has 1 amide bonds. The van der Waals surface area contributed by atoms with Crippen LogP contribution < -0.4 is 0 Å². The van der Waals surface area contributed by atoms with Crippen molar-refractivity contribution in [3.05, 3.63) is 22.4 Å². The number of morpholine rings is 1. The van der Waals surface area contributed by atoms with Crippen LogP contribution in [-0.4, -0.2) is 71.7 Å². The van der Waals surface area contributed by atoms with Crippen molar-refractivity contribution >= 4 is 23.2 Å². The van der Waals surface area contributed by atoms with E-state index in [-0.39, 0.29) is 18.4 Å². The largest absolute Gasteiger partial charge is 0.480 e. The van der Waals surface area contributed by atoms with Crippen LogP contribution in [-0.2, 0) is 20.7 Å². The number of likely N-dealkylation sites (tertiary alicyclic amines) is 1. The number of carboxylic acid groups (broad SMARTS) is 1. The van der Waals surface area contributed by atoms with Crippen LogP contribution in [0.25, 0.3) is 0 Å². The normalized spacial score (nSPS) is 26.2. The molecule has 2 fully saturated rings. The standard InChI is InChI=1S/C16H22N2O4S/c19-15(9-12-2-8-23-11-12)18-3-1-13(10-14(18)16(20)21)17-4-6-22-7-5-17/h2,8,11,13-14H,1,3-7,9-10H2,(H,20,21)/t13-,14+/m0/s1. The average molecular weight is 338 g/mol. The molecule has 3 heterocycles. The monoisotopic (exact) mass is 338 g/mol. The first-order valence-corrected chi connectivity index (χ1v) is 8.94. The van der Waals surface area contributed by atoms with Gasteiger partial charge in [0.05, 0.1) is 19.6 Å². The van der Waals surface area contributed by atoms with Gasteiger partial charge in [0.25, 0.3) is 0 Å². The molecule has 7 heteroatoms. The summed E-state index contributed by atoms with van der Waals surface area (Å²) in [6.07, 6.45) is 1.62. The van der Waals surface area contributed by atoms with E-state index in [9.17, 15) is 14.7 Å². The smallest absolute Gasteiger partial charge is 0.326 e. The predicted octanol–water partition coefficient (Wildman–Crippen LogP) is 1.07. The minimum Gasteiger partial charge on any atom is -0.480 e. The predicted molar refractivity (Wildman–Crippen MR) is 86.6 cm³/mol. The molecule has 2 atom stereocenters. The Kier molecular flexibility index (Phi) is 5.30. The molecule has 0 bridgehead atoms. The molecule has 2 aliphatic heterocycles. The zero-order chi connectivity index (χ0) is 16.2. The highest BCUT2D eigenvalue weighted by Crippen LogP contribution is 2.24. The van der Waals surface area contributed by atoms with Crippen LogP contribution in [0.5, 0.6) is 0 Å². The molecule has 1 N–H and O–H groups in total. The maximum absolute atomic E-state index is 12.5. The summed E-state index contributed by atoms with van der Waals surface area (Å²) in [5.74, 6) is -0.988. The molecule has 3 rings (SSSR count). The molecule has 0 spiro atoms. The molecule has 126 valence electrons. The van der Waals surface area contributed by atoms with Gasteiger partial charge in [-0.3, -0.25) is 9.69 Å². The molecule has 0 radical (unpaired) electrons. The van der Waals surface area contributed by atoms with Crippen molar-refractivity contribution in [3.63, 3.8) is 0 Å². The maximum atomic E-state index is 12.5. The molecular formula is C16H22N2O4S. The number of piperidine rings is 1. The van der Waals surface area contributed by atoms with Crippen LogP contribution >= 0.6 is 11.3 Å². The van der Waals surface area contributed by atoms with Gasteiger partial charge in [-0.1, -0.05) is 0 Å². The van der Waals surface area contributed by atoms with Gasteiger partial charge in [0.2, 0.25) is 5.91 Å². The average Bonchev–Trinajstić information content (AvgIpc) is 3.08. The number of hydrogen-bond donors (Lipinski definition) is 1. The van der Waals surface area contributed by atoms with Crippen molar-refractivity contribution in [2.75, 3.05) is 32.8 Å². The topological polar surface area (TPSA) is 70.1 Å². The number of amides is 1. The van der Waals surface area contributed by atoms with Crippen molar-refractivity contribution in [2.24, 2.45) is 0 Å². The number of carbonyl (C=O) groups is 2. The Balaban J connectivity index is 1.64. The van der Waals surface area contributed by atoms with Crippen molar-refractivity contribution in [1.29, 1.82) is 0 Å². The van der Waals surface area contributed by atoms with E-state index in [0.29, 0.717) is 26.2 Å². The van der Waals surface area contributed by atoms with Crippen molar-refractivity contribution in [1.82, 2.24) is 9.80 Å². The Bertz CT molecular complexity index is 542. The number of carbonyl (C=O) groups excluding carboxylic acids is 1. The molecular weight excluding hydrogens is 316 g/mol. The molecule has 0 aromatic carbocycles. The lowest BCUT2D eigenvalue weighted by Crippen LogP contribution is -2.56. The summed E-state index contributed by atoms with van der Waals surface area (Å²) in [6, 6.07) is 1.42. The van der Waals surface area contributed by atoms with Gasteiger partial charge in [-0.2, -0.15) is 11.3 Å². The van der Waals surface area contributed by atoms with Gasteiger partial charge in [0.1, 0.15) is 6.04 Å². The summed E-state index contributed by atoms with van der Waals surface area (Å²) in [7, 11) is 0. The Hall–Kier alpha value is -1.44. The minimum atomic E-state index is -0.901. The number of carboxylic acids is 1. The van der Waals surface area contributed by atoms with E-state index in [1.54, 1.807) is 16.2 Å². The Morgan fingerprint density at radius 1 is 1.30 bits per heavy atom. The Morgan fingerprint density at radius 3 is 2.74 bits per heavy atom. The van der Waals surface area contributed by atoms with E-state index in [1.165, 1.54) is 0 Å². The molecule has 6 nitrogen and oxygen atoms in total. The SMILES string of the molecule is O=C(O)[C@H]1C[C@@H](N2CCOCC2)CCN1C(=O)Cc1ccsc1. The second-order valence-corrected chi connectivity index (χ2v) is 6.86. The molecule has 1 aromatic rings. The fourth-order valence-electron chi connectivity index (χ4n) is 3.42. The van der Waals surface area contributed by atoms with Gasteiger partial charge in [0, 0.05) is 25.7 Å². The summed E-state index contributed by atoms with van der Waals surface area (Å²) >= 11 is 1.55. The number of rotatable bonds is 4. The summed E-state index contributed by atoms with van der Waals surface area (Å²) < 4.78 is 5.36. The highest BCUT2D eigenvalue weighted by atomic mass is 32.1. The molecule has 0 saturated carbocycles. The lowest BCUT2D eigenvalue weighted by molar-refractivity contribution is -0.153. The lowest BCUT2D eigenvalue weighted by atomic mass is 9.94. The Labute approximate surface area is 139 Å². The van der Waals surface area contributed by atoms with Gasteiger partial charge in [-0.15, -0.1) is 0 Å². The van der Waals surface area contributed by atoms with Crippen molar-refractivity contribution in [2.45, 2.75) is 31.3 Å². The van der Waals surface area contributed by atoms with E-state index >= 15 is 0 Å². The van der Waals surface area contributed by atoms with E-state index in [2.05, 4.69) is 4.90 Å². The number of nitrogens with zero attached hydrogens (tertiary/aromatic N) is 2. The van der Waals surface area contributed by atoms with E-state index in [4.69, 9.17) is 4.74 Å². The van der Waals surface area contributed by atoms with Crippen LogP contribution in [0.2, 0.25) is 0 Å². The van der Waals surface area contributed by atoms with Crippen LogP contribution in [0.4, 0.5) is 0 Å². The molecule has 0 aliphatic carbocycles. The van der Waals surface area contributed by atoms with Crippen LogP contribution in [0.3, 0.4) is 0 Å². The number of hydrogen-bond acceptors (Lipinski definition) is 5. The fraction of sp³-hybridized carbons (Fsp3) is 0.625. The van der Waals surface area contributed by atoms with E-state index in [0.717, 1.165) is 25.1 Å². The number of aliphatic carboxylic acids is 1. The minimum absolute atomic E-state index is 0.0868. The van der Waals surface area contributed by atoms with Crippen molar-refractivity contribution in [3.8, 4) is 0 Å². The first kappa shape index (κ1) is 16.4. The third-order valence-corrected chi connectivity index (χ3v) is 5.41. The van der Waals surface area contributed by atoms with Crippen LogP contribution in [0.1, 0.15) is 18.4 Å². The highest BCUT2D eigenvalue weighted by Gasteiger charge is 2.38. The van der Waals surface area contributed by atoms with Gasteiger partial charge in [-0.25, -0.2) is 4.79 Å². The van der Waals surface area contributed by atoms with Crippen LogP contribution in [0.15, 0.2) is 16.8 Å². The molecule has 2 aliphatic rings. The molecule has 23 heavy (non-hydrogen) atoms. The maximum Gasteiger partial charge on any atom is 0.326 e. The van der Waals surface area contributed by atoms with Crippen LogP contribution in [0, 0.1) is 0 Å². The van der Waals surface area contributed by atoms with Crippen molar-refractivity contribution < 1.29 is 19.4 Å². The molecule has 2 saturated heterocycles. The molecule has 0 unspecified atom stereocenters. The van der Waals surface area contributed by atoms with Gasteiger partial charge in [0.15, 0.2) is 0 Å². The second kappa shape index (κ2) is 7.42. The zero-order valence-corrected chi connectivity index (χ0v) is 13.8. The quantitative estimate of drug-likeness (QED) is 0.889. The highest BCUT2D eigenvalue weighted by molar-refractivity contribution is 7.08. The van der Waals surface area contributed by atoms with Gasteiger partial charge in [-0.05, 0) is 35.2 Å². The third-order valence-electron chi connectivity index (χ3n) is 4.68. The van der Waals surface area contributed by atoms with Gasteiger partial charge >= 0.3 is 5.97 Å². The summed E-state index contributed by atoms with van der Waals surface area (Å²) in [5.41, 5.74) is 0.958. The fourth-order valence-corrected chi connectivity index (χ4v) is 4.09. The summed E-state index contributed by atoms with van der Waals surface area (Å²) in [5, 5.41) is 13.4. The summed E-state index contributed by atoms with van der Waals surface area (Å²) in [6.45, 7) is 3.62. The zero-order valence-electron chi connectivity index (χ0n) is 13.0. The van der Waals surface area contributed by atoms with E-state index in [1.807, 2.05) is 16.8 Å². The first-order valence-electron chi connectivity index (χ1n) is 8.00. The van der Waals surface area contributed by atoms with Gasteiger partial charge < -0.3 is 14.7 Å².